The van der Waals surface area contributed by atoms with E-state index >= 15 is 0 Å². The van der Waals surface area contributed by atoms with Crippen molar-refractivity contribution in [3.63, 3.8) is 0 Å². The van der Waals surface area contributed by atoms with Crippen LogP contribution in [0.25, 0.3) is 0 Å². The number of halogens is 1. The number of carbonyl (C=O) groups excluding carboxylic acids is 1. The van der Waals surface area contributed by atoms with Gasteiger partial charge in [-0.1, -0.05) is 18.2 Å². The van der Waals surface area contributed by atoms with Gasteiger partial charge in [0, 0.05) is 42.5 Å². The third-order valence-corrected chi connectivity index (χ3v) is 4.92. The molecular weight excluding hydrogens is 333 g/mol. The van der Waals surface area contributed by atoms with Gasteiger partial charge in [-0.3, -0.25) is 4.79 Å². The van der Waals surface area contributed by atoms with Gasteiger partial charge in [0.05, 0.1) is 0 Å². The first kappa shape index (κ1) is 18.3. The van der Waals surface area contributed by atoms with E-state index in [0.717, 1.165) is 36.6 Å². The van der Waals surface area contributed by atoms with Crippen LogP contribution in [-0.2, 0) is 6.54 Å². The van der Waals surface area contributed by atoms with Crippen LogP contribution >= 0.6 is 0 Å². The summed E-state index contributed by atoms with van der Waals surface area (Å²) in [5.74, 6) is 0.0139. The van der Waals surface area contributed by atoms with Gasteiger partial charge >= 0.3 is 0 Å². The zero-order valence-corrected chi connectivity index (χ0v) is 15.3. The summed E-state index contributed by atoms with van der Waals surface area (Å²) >= 11 is 0. The molecule has 1 aromatic carbocycles. The van der Waals surface area contributed by atoms with Gasteiger partial charge < -0.3 is 16.0 Å². The van der Waals surface area contributed by atoms with Crippen molar-refractivity contribution in [1.29, 1.82) is 0 Å². The fraction of sp³-hybridized carbons (Fsp3) is 0.421. The summed E-state index contributed by atoms with van der Waals surface area (Å²) in [5.41, 5.74) is 8.36. The van der Waals surface area contributed by atoms with E-state index in [1.54, 1.807) is 19.1 Å². The third-order valence-electron chi connectivity index (χ3n) is 4.92. The summed E-state index contributed by atoms with van der Waals surface area (Å²) < 4.78 is 14.1. The monoisotopic (exact) mass is 357 g/mol. The molecule has 2 aromatic rings. The molecule has 1 atom stereocenters. The number of amides is 1. The topological polar surface area (TPSA) is 84.1 Å². The predicted molar refractivity (Wildman–Crippen MR) is 98.6 cm³/mol. The van der Waals surface area contributed by atoms with E-state index in [2.05, 4.69) is 20.2 Å². The lowest BCUT2D eigenvalue weighted by molar-refractivity contribution is 0.0990. The molecule has 1 amide bonds. The molecular formula is C19H24FN5O. The minimum Gasteiger partial charge on any atom is -0.363 e. The van der Waals surface area contributed by atoms with Gasteiger partial charge in [0.1, 0.15) is 11.6 Å². The Balaban J connectivity index is 1.69. The van der Waals surface area contributed by atoms with Crippen LogP contribution in [0.1, 0.15) is 39.4 Å². The number of hydrogen-bond acceptors (Lipinski definition) is 5. The first-order valence-electron chi connectivity index (χ1n) is 8.74. The van der Waals surface area contributed by atoms with Gasteiger partial charge in [-0.25, -0.2) is 14.4 Å². The molecule has 0 saturated carbocycles. The van der Waals surface area contributed by atoms with Crippen molar-refractivity contribution in [1.82, 2.24) is 15.3 Å². The Morgan fingerprint density at radius 3 is 2.85 bits per heavy atom. The predicted octanol–water partition coefficient (Wildman–Crippen LogP) is 2.01. The van der Waals surface area contributed by atoms with Crippen LogP contribution in [0.3, 0.4) is 0 Å². The van der Waals surface area contributed by atoms with Gasteiger partial charge in [-0.05, 0) is 32.8 Å². The Labute approximate surface area is 152 Å². The van der Waals surface area contributed by atoms with Crippen LogP contribution in [0.4, 0.5) is 10.2 Å². The number of nitrogens with two attached hydrogens (primary N) is 1. The molecule has 0 radical (unpaired) electrons. The Kier molecular flexibility index (Phi) is 5.18. The zero-order valence-electron chi connectivity index (χ0n) is 15.3. The summed E-state index contributed by atoms with van der Waals surface area (Å²) in [6, 6.07) is 5.67. The smallest absolute Gasteiger partial charge is 0.286 e. The molecule has 0 spiro atoms. The minimum absolute atomic E-state index is 0.0429. The summed E-state index contributed by atoms with van der Waals surface area (Å²) in [4.78, 5) is 22.1. The molecule has 1 aliphatic heterocycles. The standard InChI is InChI=1S/C19H24FN5O/c1-11-5-4-6-14(16(11)20)9-22-15-7-8-25(10-15)19-12(2)13(3)23-18(24-19)17(21)26/h4-6,15,22H,7-10H2,1-3H3,(H2,21,26)/t15-/m1/s1. The SMILES string of the molecule is Cc1cccc(CN[C@@H]2CCN(c3nc(C(N)=O)nc(C)c3C)C2)c1F. The van der Waals surface area contributed by atoms with Gasteiger partial charge in [0.15, 0.2) is 0 Å². The fourth-order valence-electron chi connectivity index (χ4n) is 3.25. The molecule has 1 saturated heterocycles. The minimum atomic E-state index is -0.627. The van der Waals surface area contributed by atoms with Crippen molar-refractivity contribution in [2.75, 3.05) is 18.0 Å². The first-order chi connectivity index (χ1) is 12.4. The summed E-state index contributed by atoms with van der Waals surface area (Å²) in [6.45, 7) is 7.59. The van der Waals surface area contributed by atoms with E-state index in [4.69, 9.17) is 5.73 Å². The normalized spacial score (nSPS) is 16.9. The van der Waals surface area contributed by atoms with Gasteiger partial charge in [0.2, 0.25) is 5.82 Å². The van der Waals surface area contributed by atoms with Gasteiger partial charge in [-0.15, -0.1) is 0 Å². The largest absolute Gasteiger partial charge is 0.363 e. The van der Waals surface area contributed by atoms with Crippen LogP contribution in [0.15, 0.2) is 18.2 Å². The number of nitrogens with one attached hydrogen (secondary N) is 1. The number of nitrogens with zero attached hydrogens (tertiary/aromatic N) is 3. The molecule has 0 bridgehead atoms. The van der Waals surface area contributed by atoms with E-state index in [9.17, 15) is 9.18 Å². The van der Waals surface area contributed by atoms with Crippen LogP contribution in [0, 0.1) is 26.6 Å². The van der Waals surface area contributed by atoms with E-state index in [1.165, 1.54) is 0 Å². The molecule has 26 heavy (non-hydrogen) atoms. The molecule has 0 aliphatic carbocycles. The molecule has 3 rings (SSSR count). The second-order valence-electron chi connectivity index (χ2n) is 6.81. The molecule has 0 unspecified atom stereocenters. The van der Waals surface area contributed by atoms with Crippen molar-refractivity contribution >= 4 is 11.7 Å². The molecule has 1 fully saturated rings. The zero-order chi connectivity index (χ0) is 18.8. The highest BCUT2D eigenvalue weighted by atomic mass is 19.1. The van der Waals surface area contributed by atoms with E-state index in [1.807, 2.05) is 19.9 Å². The van der Waals surface area contributed by atoms with Crippen molar-refractivity contribution in [3.8, 4) is 0 Å². The van der Waals surface area contributed by atoms with Crippen LogP contribution in [0.2, 0.25) is 0 Å². The Morgan fingerprint density at radius 2 is 2.12 bits per heavy atom. The number of primary amides is 1. The summed E-state index contributed by atoms with van der Waals surface area (Å²) in [6.07, 6.45) is 0.918. The molecule has 3 N–H and O–H groups in total. The van der Waals surface area contributed by atoms with Gasteiger partial charge in [-0.2, -0.15) is 0 Å². The average molecular weight is 357 g/mol. The molecule has 138 valence electrons. The highest BCUT2D eigenvalue weighted by molar-refractivity contribution is 5.89. The quantitative estimate of drug-likeness (QED) is 0.855. The molecule has 7 heteroatoms. The summed E-state index contributed by atoms with van der Waals surface area (Å²) in [5, 5.41) is 3.42. The second kappa shape index (κ2) is 7.37. The number of anilines is 1. The number of aromatic nitrogens is 2. The maximum atomic E-state index is 14.1. The fourth-order valence-corrected chi connectivity index (χ4v) is 3.25. The maximum Gasteiger partial charge on any atom is 0.286 e. The van der Waals surface area contributed by atoms with E-state index in [0.29, 0.717) is 17.7 Å². The van der Waals surface area contributed by atoms with E-state index in [-0.39, 0.29) is 17.7 Å². The highest BCUT2D eigenvalue weighted by Crippen LogP contribution is 2.24. The number of hydrogen-bond donors (Lipinski definition) is 2. The second-order valence-corrected chi connectivity index (χ2v) is 6.81. The highest BCUT2D eigenvalue weighted by Gasteiger charge is 2.26. The lowest BCUT2D eigenvalue weighted by Crippen LogP contribution is -2.33. The van der Waals surface area contributed by atoms with Crippen molar-refractivity contribution < 1.29 is 9.18 Å². The van der Waals surface area contributed by atoms with Crippen molar-refractivity contribution in [2.45, 2.75) is 39.8 Å². The lowest BCUT2D eigenvalue weighted by atomic mass is 10.1. The van der Waals surface area contributed by atoms with Gasteiger partial charge in [0.25, 0.3) is 5.91 Å². The first-order valence-corrected chi connectivity index (χ1v) is 8.74. The number of carbonyl (C=O) groups is 1. The molecule has 1 aliphatic rings. The Bertz CT molecular complexity index is 839. The van der Waals surface area contributed by atoms with Crippen LogP contribution in [-0.4, -0.2) is 35.0 Å². The van der Waals surface area contributed by atoms with Crippen LogP contribution in [0.5, 0.6) is 0 Å². The lowest BCUT2D eigenvalue weighted by Gasteiger charge is -2.21. The van der Waals surface area contributed by atoms with Crippen molar-refractivity contribution in [2.24, 2.45) is 5.73 Å². The Morgan fingerprint density at radius 1 is 1.35 bits per heavy atom. The average Bonchev–Trinajstić information content (AvgIpc) is 3.07. The third kappa shape index (κ3) is 3.67. The number of benzene rings is 1. The Hall–Kier alpha value is -2.54. The summed E-state index contributed by atoms with van der Waals surface area (Å²) in [7, 11) is 0. The van der Waals surface area contributed by atoms with Crippen LogP contribution < -0.4 is 16.0 Å². The molecule has 2 heterocycles. The van der Waals surface area contributed by atoms with Crippen molar-refractivity contribution in [3.05, 3.63) is 52.2 Å². The maximum absolute atomic E-state index is 14.1. The number of rotatable bonds is 5. The number of aryl methyl sites for hydroxylation is 2. The molecule has 1 aromatic heterocycles. The van der Waals surface area contributed by atoms with E-state index < -0.39 is 5.91 Å². The molecule has 6 nitrogen and oxygen atoms in total.